The van der Waals surface area contributed by atoms with Gasteiger partial charge in [0.2, 0.25) is 0 Å². The largest absolute Gasteiger partial charge is 0.253 e. The van der Waals surface area contributed by atoms with E-state index in [1.165, 1.54) is 11.3 Å². The molecular weight excluding hydrogens is 378 g/mol. The van der Waals surface area contributed by atoms with Crippen molar-refractivity contribution in [2.45, 2.75) is 23.1 Å². The highest BCUT2D eigenvalue weighted by Crippen LogP contribution is 2.34. The molecule has 0 aromatic carbocycles. The van der Waals surface area contributed by atoms with Gasteiger partial charge in [-0.25, -0.2) is 8.42 Å². The molecule has 0 spiro atoms. The lowest BCUT2D eigenvalue weighted by Crippen LogP contribution is -2.36. The topological polar surface area (TPSA) is 37.4 Å². The highest BCUT2D eigenvalue weighted by molar-refractivity contribution is 9.10. The van der Waals surface area contributed by atoms with Crippen LogP contribution >= 0.6 is 43.2 Å². The lowest BCUT2D eigenvalue weighted by molar-refractivity contribution is 0.415. The van der Waals surface area contributed by atoms with E-state index in [4.69, 9.17) is 0 Å². The number of hydrogen-bond donors (Lipinski definition) is 0. The second kappa shape index (κ2) is 5.06. The van der Waals surface area contributed by atoms with E-state index in [2.05, 4.69) is 31.9 Å². The monoisotopic (exact) mass is 387 g/mol. The van der Waals surface area contributed by atoms with Gasteiger partial charge in [-0.15, -0.1) is 11.3 Å². The summed E-state index contributed by atoms with van der Waals surface area (Å²) in [6.07, 6.45) is 1.88. The van der Waals surface area contributed by atoms with Gasteiger partial charge < -0.3 is 0 Å². The number of rotatable bonds is 3. The van der Waals surface area contributed by atoms with Crippen molar-refractivity contribution >= 4 is 53.2 Å². The summed E-state index contributed by atoms with van der Waals surface area (Å²) in [5, 5.41) is 2.49. The molecule has 1 atom stereocenters. The van der Waals surface area contributed by atoms with Crippen molar-refractivity contribution in [2.75, 3.05) is 11.9 Å². The Morgan fingerprint density at radius 3 is 2.88 bits per heavy atom. The maximum atomic E-state index is 12.4. The van der Waals surface area contributed by atoms with E-state index in [9.17, 15) is 8.42 Å². The molecule has 1 aliphatic rings. The molecule has 0 bridgehead atoms. The lowest BCUT2D eigenvalue weighted by atomic mass is 10.3. The van der Waals surface area contributed by atoms with Gasteiger partial charge in [0.25, 0.3) is 10.0 Å². The third-order valence-electron chi connectivity index (χ3n) is 2.63. The molecule has 1 aromatic rings. The number of nitrogens with zero attached hydrogens (tertiary/aromatic N) is 1. The Morgan fingerprint density at radius 2 is 2.31 bits per heavy atom. The first kappa shape index (κ1) is 13.0. The van der Waals surface area contributed by atoms with E-state index in [-0.39, 0.29) is 6.04 Å². The van der Waals surface area contributed by atoms with Gasteiger partial charge in [-0.1, -0.05) is 15.9 Å². The summed E-state index contributed by atoms with van der Waals surface area (Å²) >= 11 is 7.92. The van der Waals surface area contributed by atoms with Crippen LogP contribution in [0, 0.1) is 0 Å². The Hall–Kier alpha value is 0.570. The minimum atomic E-state index is -3.31. The van der Waals surface area contributed by atoms with Gasteiger partial charge in [-0.3, -0.25) is 0 Å². The van der Waals surface area contributed by atoms with Crippen LogP contribution in [0.15, 0.2) is 20.1 Å². The van der Waals surface area contributed by atoms with Crippen molar-refractivity contribution in [1.82, 2.24) is 4.31 Å². The third-order valence-corrected chi connectivity index (χ3v) is 7.98. The molecule has 2 rings (SSSR count). The molecule has 3 nitrogen and oxygen atoms in total. The average molecular weight is 389 g/mol. The molecule has 1 unspecified atom stereocenters. The van der Waals surface area contributed by atoms with Crippen molar-refractivity contribution in [2.24, 2.45) is 0 Å². The fraction of sp³-hybridized carbons (Fsp3) is 0.556. The Bertz CT molecular complexity index is 472. The molecule has 16 heavy (non-hydrogen) atoms. The molecule has 1 aliphatic heterocycles. The fourth-order valence-corrected chi connectivity index (χ4v) is 6.83. The molecule has 1 saturated heterocycles. The first-order valence-electron chi connectivity index (χ1n) is 4.88. The smallest absolute Gasteiger partial charge is 0.206 e. The van der Waals surface area contributed by atoms with Crippen LogP contribution in [0.2, 0.25) is 0 Å². The van der Waals surface area contributed by atoms with E-state index in [1.807, 2.05) is 0 Å². The fourth-order valence-electron chi connectivity index (χ4n) is 1.85. The first-order valence-corrected chi connectivity index (χ1v) is 9.11. The molecule has 7 heteroatoms. The summed E-state index contributed by atoms with van der Waals surface area (Å²) in [5.74, 6) is 0. The summed E-state index contributed by atoms with van der Waals surface area (Å²) in [6, 6.07) is 1.87. The van der Waals surface area contributed by atoms with Crippen LogP contribution in [0.1, 0.15) is 12.8 Å². The van der Waals surface area contributed by atoms with Crippen LogP contribution in [-0.4, -0.2) is 30.6 Å². The average Bonchev–Trinajstić information content (AvgIpc) is 2.85. The summed E-state index contributed by atoms with van der Waals surface area (Å²) < 4.78 is 27.4. The van der Waals surface area contributed by atoms with Gasteiger partial charge in [0.15, 0.2) is 0 Å². The lowest BCUT2D eigenvalue weighted by Gasteiger charge is -2.21. The van der Waals surface area contributed by atoms with Crippen molar-refractivity contribution in [3.63, 3.8) is 0 Å². The van der Waals surface area contributed by atoms with Gasteiger partial charge >= 0.3 is 0 Å². The van der Waals surface area contributed by atoms with Crippen molar-refractivity contribution in [3.05, 3.63) is 15.9 Å². The zero-order valence-electron chi connectivity index (χ0n) is 8.40. The number of hydrogen-bond acceptors (Lipinski definition) is 3. The molecule has 1 aromatic heterocycles. The van der Waals surface area contributed by atoms with E-state index in [1.54, 1.807) is 15.8 Å². The van der Waals surface area contributed by atoms with Gasteiger partial charge in [0.1, 0.15) is 4.21 Å². The molecule has 0 radical (unpaired) electrons. The first-order chi connectivity index (χ1) is 7.57. The van der Waals surface area contributed by atoms with Crippen molar-refractivity contribution < 1.29 is 8.42 Å². The van der Waals surface area contributed by atoms with E-state index in [0.29, 0.717) is 20.6 Å². The molecule has 90 valence electrons. The number of sulfonamides is 1. The van der Waals surface area contributed by atoms with Crippen LogP contribution in [0.25, 0.3) is 0 Å². The Morgan fingerprint density at radius 1 is 1.56 bits per heavy atom. The summed E-state index contributed by atoms with van der Waals surface area (Å²) in [6.45, 7) is 0.628. The number of alkyl halides is 1. The second-order valence-corrected chi connectivity index (χ2v) is 8.13. The normalized spacial score (nSPS) is 22.8. The summed E-state index contributed by atoms with van der Waals surface area (Å²) in [5.41, 5.74) is 0. The Kier molecular flexibility index (Phi) is 4.11. The Labute approximate surface area is 116 Å². The highest BCUT2D eigenvalue weighted by Gasteiger charge is 2.36. The van der Waals surface area contributed by atoms with E-state index < -0.39 is 10.0 Å². The number of halogens is 2. The quantitative estimate of drug-likeness (QED) is 0.746. The third kappa shape index (κ3) is 2.25. The molecule has 2 heterocycles. The van der Waals surface area contributed by atoms with Crippen LogP contribution < -0.4 is 0 Å². The Balaban J connectivity index is 2.36. The predicted molar refractivity (Wildman–Crippen MR) is 72.7 cm³/mol. The van der Waals surface area contributed by atoms with E-state index >= 15 is 0 Å². The van der Waals surface area contributed by atoms with Gasteiger partial charge in [-0.2, -0.15) is 4.31 Å². The van der Waals surface area contributed by atoms with Gasteiger partial charge in [0, 0.05) is 22.4 Å². The molecule has 0 N–H and O–H groups in total. The molecule has 0 amide bonds. The van der Waals surface area contributed by atoms with E-state index in [0.717, 1.165) is 12.8 Å². The van der Waals surface area contributed by atoms with Crippen LogP contribution in [0.5, 0.6) is 0 Å². The van der Waals surface area contributed by atoms with Gasteiger partial charge in [0.05, 0.1) is 0 Å². The molecule has 0 saturated carbocycles. The van der Waals surface area contributed by atoms with Gasteiger partial charge in [-0.05, 0) is 40.2 Å². The maximum Gasteiger partial charge on any atom is 0.253 e. The SMILES string of the molecule is O=S(=O)(c1sccc1Br)N1CCCC1CBr. The minimum Gasteiger partial charge on any atom is -0.206 e. The van der Waals surface area contributed by atoms with Crippen LogP contribution in [0.4, 0.5) is 0 Å². The minimum absolute atomic E-state index is 0.0963. The zero-order chi connectivity index (χ0) is 11.8. The van der Waals surface area contributed by atoms with Crippen LogP contribution in [-0.2, 0) is 10.0 Å². The molecule has 0 aliphatic carbocycles. The van der Waals surface area contributed by atoms with Crippen molar-refractivity contribution in [1.29, 1.82) is 0 Å². The standard InChI is InChI=1S/C9H11Br2NO2S2/c10-6-7-2-1-4-12(7)16(13,14)9-8(11)3-5-15-9/h3,5,7H,1-2,4,6H2. The molecular formula is C9H11Br2NO2S2. The summed E-state index contributed by atoms with van der Waals surface area (Å²) in [4.78, 5) is 0. The zero-order valence-corrected chi connectivity index (χ0v) is 13.2. The highest BCUT2D eigenvalue weighted by atomic mass is 79.9. The van der Waals surface area contributed by atoms with Crippen molar-refractivity contribution in [3.8, 4) is 0 Å². The van der Waals surface area contributed by atoms with Crippen LogP contribution in [0.3, 0.4) is 0 Å². The number of thiophene rings is 1. The second-order valence-electron chi connectivity index (χ2n) is 3.62. The maximum absolute atomic E-state index is 12.4. The predicted octanol–water partition coefficient (Wildman–Crippen LogP) is 3.06. The molecule has 1 fully saturated rings. The summed E-state index contributed by atoms with van der Waals surface area (Å²) in [7, 11) is -3.31.